The van der Waals surface area contributed by atoms with Crippen molar-refractivity contribution in [1.29, 1.82) is 0 Å². The summed E-state index contributed by atoms with van der Waals surface area (Å²) in [7, 11) is 0. The summed E-state index contributed by atoms with van der Waals surface area (Å²) in [6.07, 6.45) is 9.21. The second-order valence-electron chi connectivity index (χ2n) is 6.20. The largest absolute Gasteiger partial charge is 0.325 e. The van der Waals surface area contributed by atoms with Crippen molar-refractivity contribution in [2.75, 3.05) is 11.4 Å². The molecule has 21 heavy (non-hydrogen) atoms. The number of hydrogen-bond acceptors (Lipinski definition) is 1. The van der Waals surface area contributed by atoms with Gasteiger partial charge in [0.15, 0.2) is 0 Å². The minimum atomic E-state index is -0.000466. The molecule has 1 N–H and O–H groups in total. The summed E-state index contributed by atoms with van der Waals surface area (Å²) in [6, 6.07) is 8.21. The SMILES string of the molecule is C/C(=C\NC(=O)N1CCCc2ccccc21)C1CCCC1. The Morgan fingerprint density at radius 3 is 2.81 bits per heavy atom. The highest BCUT2D eigenvalue weighted by Crippen LogP contribution is 2.30. The molecule has 1 aromatic carbocycles. The second-order valence-corrected chi connectivity index (χ2v) is 6.20. The molecule has 3 rings (SSSR count). The molecule has 1 aliphatic heterocycles. The van der Waals surface area contributed by atoms with Gasteiger partial charge in [-0.2, -0.15) is 0 Å². The number of nitrogens with one attached hydrogen (secondary N) is 1. The Morgan fingerprint density at radius 1 is 1.24 bits per heavy atom. The summed E-state index contributed by atoms with van der Waals surface area (Å²) in [6.45, 7) is 2.94. The lowest BCUT2D eigenvalue weighted by molar-refractivity contribution is 0.249. The topological polar surface area (TPSA) is 32.3 Å². The maximum absolute atomic E-state index is 12.5. The zero-order valence-corrected chi connectivity index (χ0v) is 12.8. The molecule has 1 heterocycles. The van der Waals surface area contributed by atoms with E-state index < -0.39 is 0 Å². The van der Waals surface area contributed by atoms with Crippen LogP contribution in [-0.4, -0.2) is 12.6 Å². The first-order valence-electron chi connectivity index (χ1n) is 8.08. The van der Waals surface area contributed by atoms with E-state index in [9.17, 15) is 4.79 Å². The van der Waals surface area contributed by atoms with Crippen LogP contribution < -0.4 is 10.2 Å². The van der Waals surface area contributed by atoms with Crippen molar-refractivity contribution < 1.29 is 4.79 Å². The molecule has 3 nitrogen and oxygen atoms in total. The van der Waals surface area contributed by atoms with Crippen LogP contribution in [0.4, 0.5) is 10.5 Å². The molecule has 0 bridgehead atoms. The molecule has 0 atom stereocenters. The Hall–Kier alpha value is -1.77. The van der Waals surface area contributed by atoms with Gasteiger partial charge in [-0.1, -0.05) is 36.6 Å². The minimum Gasteiger partial charge on any atom is -0.314 e. The first-order chi connectivity index (χ1) is 10.3. The number of allylic oxidation sites excluding steroid dienone is 1. The van der Waals surface area contributed by atoms with Crippen LogP contribution in [0.2, 0.25) is 0 Å². The molecule has 0 unspecified atom stereocenters. The van der Waals surface area contributed by atoms with E-state index in [1.54, 1.807) is 0 Å². The van der Waals surface area contributed by atoms with Crippen LogP contribution in [-0.2, 0) is 6.42 Å². The van der Waals surface area contributed by atoms with E-state index in [2.05, 4.69) is 18.3 Å². The second kappa shape index (κ2) is 6.33. The Morgan fingerprint density at radius 2 is 2.00 bits per heavy atom. The monoisotopic (exact) mass is 284 g/mol. The van der Waals surface area contributed by atoms with Gasteiger partial charge in [0.2, 0.25) is 0 Å². The third-order valence-electron chi connectivity index (χ3n) is 4.78. The number of para-hydroxylation sites is 1. The van der Waals surface area contributed by atoms with Crippen molar-refractivity contribution in [3.8, 4) is 0 Å². The maximum Gasteiger partial charge on any atom is 0.325 e. The fraction of sp³-hybridized carbons (Fsp3) is 0.500. The zero-order chi connectivity index (χ0) is 14.7. The number of nitrogens with zero attached hydrogens (tertiary/aromatic N) is 1. The van der Waals surface area contributed by atoms with E-state index in [1.807, 2.05) is 29.3 Å². The fourth-order valence-corrected chi connectivity index (χ4v) is 3.50. The van der Waals surface area contributed by atoms with Crippen LogP contribution in [0.3, 0.4) is 0 Å². The highest BCUT2D eigenvalue weighted by Gasteiger charge is 2.22. The molecular formula is C18H24N2O. The number of rotatable bonds is 2. The first-order valence-corrected chi connectivity index (χ1v) is 8.08. The summed E-state index contributed by atoms with van der Waals surface area (Å²) in [4.78, 5) is 14.3. The number of carbonyl (C=O) groups is 1. The highest BCUT2D eigenvalue weighted by molar-refractivity contribution is 5.93. The van der Waals surface area contributed by atoms with E-state index in [0.717, 1.165) is 25.1 Å². The van der Waals surface area contributed by atoms with Gasteiger partial charge in [-0.3, -0.25) is 4.90 Å². The Kier molecular flexibility index (Phi) is 4.28. The summed E-state index contributed by atoms with van der Waals surface area (Å²) in [5.41, 5.74) is 3.65. The smallest absolute Gasteiger partial charge is 0.314 e. The predicted octanol–water partition coefficient (Wildman–Crippen LogP) is 4.24. The summed E-state index contributed by atoms with van der Waals surface area (Å²) in [5, 5.41) is 2.99. The van der Waals surface area contributed by atoms with Crippen molar-refractivity contribution in [2.24, 2.45) is 5.92 Å². The molecular weight excluding hydrogens is 260 g/mol. The predicted molar refractivity (Wildman–Crippen MR) is 86.4 cm³/mol. The third kappa shape index (κ3) is 3.12. The van der Waals surface area contributed by atoms with Crippen LogP contribution >= 0.6 is 0 Å². The van der Waals surface area contributed by atoms with Crippen molar-refractivity contribution in [1.82, 2.24) is 5.32 Å². The lowest BCUT2D eigenvalue weighted by Crippen LogP contribution is -2.41. The van der Waals surface area contributed by atoms with E-state index >= 15 is 0 Å². The molecule has 1 fully saturated rings. The third-order valence-corrected chi connectivity index (χ3v) is 4.78. The number of benzene rings is 1. The molecule has 1 aromatic rings. The summed E-state index contributed by atoms with van der Waals surface area (Å²) < 4.78 is 0. The van der Waals surface area contributed by atoms with Crippen LogP contribution in [0.15, 0.2) is 36.0 Å². The van der Waals surface area contributed by atoms with Gasteiger partial charge in [0.05, 0.1) is 0 Å². The molecule has 0 radical (unpaired) electrons. The number of hydrogen-bond donors (Lipinski definition) is 1. The summed E-state index contributed by atoms with van der Waals surface area (Å²) >= 11 is 0. The van der Waals surface area contributed by atoms with Crippen molar-refractivity contribution >= 4 is 11.7 Å². The Bertz CT molecular complexity index is 544. The average Bonchev–Trinajstić information content (AvgIpc) is 3.06. The number of amides is 2. The van der Waals surface area contributed by atoms with Crippen molar-refractivity contribution in [3.05, 3.63) is 41.6 Å². The Balaban J connectivity index is 1.67. The minimum absolute atomic E-state index is 0.000466. The van der Waals surface area contributed by atoms with Gasteiger partial charge >= 0.3 is 6.03 Å². The summed E-state index contributed by atoms with van der Waals surface area (Å²) in [5.74, 6) is 0.666. The molecule has 3 heteroatoms. The number of urea groups is 1. The number of carbonyl (C=O) groups excluding carboxylic acids is 1. The quantitative estimate of drug-likeness (QED) is 0.865. The number of anilines is 1. The molecule has 1 aliphatic carbocycles. The van der Waals surface area contributed by atoms with Gasteiger partial charge < -0.3 is 5.32 Å². The van der Waals surface area contributed by atoms with Crippen LogP contribution in [0.1, 0.15) is 44.6 Å². The molecule has 112 valence electrons. The van der Waals surface area contributed by atoms with Gasteiger partial charge in [0.25, 0.3) is 0 Å². The van der Waals surface area contributed by atoms with E-state index in [4.69, 9.17) is 0 Å². The molecule has 0 aromatic heterocycles. The van der Waals surface area contributed by atoms with Crippen LogP contribution in [0.25, 0.3) is 0 Å². The van der Waals surface area contributed by atoms with Gasteiger partial charge in [-0.25, -0.2) is 4.79 Å². The zero-order valence-electron chi connectivity index (χ0n) is 12.8. The van der Waals surface area contributed by atoms with Gasteiger partial charge in [-0.15, -0.1) is 0 Å². The maximum atomic E-state index is 12.5. The molecule has 1 saturated carbocycles. The normalized spacial score (nSPS) is 19.5. The highest BCUT2D eigenvalue weighted by atomic mass is 16.2. The van der Waals surface area contributed by atoms with Gasteiger partial charge in [0, 0.05) is 18.4 Å². The van der Waals surface area contributed by atoms with E-state index in [0.29, 0.717) is 5.92 Å². The number of aryl methyl sites for hydroxylation is 1. The number of fused-ring (bicyclic) bond motifs is 1. The molecule has 2 aliphatic rings. The van der Waals surface area contributed by atoms with Crippen LogP contribution in [0, 0.1) is 5.92 Å². The van der Waals surface area contributed by atoms with E-state index in [-0.39, 0.29) is 6.03 Å². The van der Waals surface area contributed by atoms with Crippen LogP contribution in [0.5, 0.6) is 0 Å². The Labute approximate surface area is 127 Å². The average molecular weight is 284 g/mol. The van der Waals surface area contributed by atoms with Crippen molar-refractivity contribution in [3.63, 3.8) is 0 Å². The lowest BCUT2D eigenvalue weighted by atomic mass is 10.0. The lowest BCUT2D eigenvalue weighted by Gasteiger charge is -2.29. The van der Waals surface area contributed by atoms with Gasteiger partial charge in [-0.05, 0) is 50.2 Å². The molecule has 2 amide bonds. The standard InChI is InChI=1S/C18H24N2O/c1-14(15-7-2-3-8-15)13-19-18(21)20-12-6-10-16-9-4-5-11-17(16)20/h4-5,9,11,13,15H,2-3,6-8,10,12H2,1H3,(H,19,21)/b14-13+. The van der Waals surface area contributed by atoms with E-state index in [1.165, 1.54) is 36.8 Å². The molecule has 0 saturated heterocycles. The fourth-order valence-electron chi connectivity index (χ4n) is 3.50. The van der Waals surface area contributed by atoms with Gasteiger partial charge in [0.1, 0.15) is 0 Å². The molecule has 0 spiro atoms. The van der Waals surface area contributed by atoms with Crippen molar-refractivity contribution in [2.45, 2.75) is 45.4 Å². The first kappa shape index (κ1) is 14.2.